The Morgan fingerprint density at radius 1 is 1.06 bits per heavy atom. The van der Waals surface area contributed by atoms with Gasteiger partial charge in [0.05, 0.1) is 10.9 Å². The van der Waals surface area contributed by atoms with Gasteiger partial charge in [-0.3, -0.25) is 9.59 Å². The molecule has 2 heterocycles. The molecular weight excluding hydrogens is 455 g/mol. The van der Waals surface area contributed by atoms with E-state index in [4.69, 9.17) is 16.0 Å². The van der Waals surface area contributed by atoms with Crippen molar-refractivity contribution in [2.45, 2.75) is 27.2 Å². The number of amides is 1. The van der Waals surface area contributed by atoms with E-state index in [0.717, 1.165) is 0 Å². The molecule has 5 nitrogen and oxygen atoms in total. The normalized spacial score (nSPS) is 11.6. The van der Waals surface area contributed by atoms with Crippen molar-refractivity contribution in [1.29, 1.82) is 0 Å². The van der Waals surface area contributed by atoms with Gasteiger partial charge in [0.1, 0.15) is 16.7 Å². The fourth-order valence-corrected chi connectivity index (χ4v) is 4.04. The zero-order valence-corrected chi connectivity index (χ0v) is 20.1. The van der Waals surface area contributed by atoms with Crippen LogP contribution in [-0.4, -0.2) is 23.7 Å². The third-order valence-corrected chi connectivity index (χ3v) is 5.67. The molecule has 1 N–H and O–H groups in total. The molecule has 174 valence electrons. The van der Waals surface area contributed by atoms with Crippen LogP contribution in [0, 0.1) is 11.2 Å². The Kier molecular flexibility index (Phi) is 6.28. The van der Waals surface area contributed by atoms with E-state index in [1.807, 2.05) is 26.8 Å². The highest BCUT2D eigenvalue weighted by molar-refractivity contribution is 6.32. The Morgan fingerprint density at radius 3 is 2.41 bits per heavy atom. The van der Waals surface area contributed by atoms with E-state index >= 15 is 0 Å². The summed E-state index contributed by atoms with van der Waals surface area (Å²) < 4.78 is 19.3. The average Bonchev–Trinajstić information content (AvgIpc) is 3.15. The first-order valence-electron chi connectivity index (χ1n) is 10.8. The molecule has 0 radical (unpaired) electrons. The van der Waals surface area contributed by atoms with Crippen LogP contribution in [0.2, 0.25) is 5.15 Å². The zero-order valence-electron chi connectivity index (χ0n) is 19.3. The number of nitrogens with zero attached hydrogens (tertiary/aromatic N) is 1. The molecule has 0 atom stereocenters. The predicted octanol–water partition coefficient (Wildman–Crippen LogP) is 6.93. The zero-order chi connectivity index (χ0) is 24.6. The summed E-state index contributed by atoms with van der Waals surface area (Å²) in [6, 6.07) is 14.6. The van der Waals surface area contributed by atoms with E-state index in [0.29, 0.717) is 34.1 Å². The van der Waals surface area contributed by atoms with Crippen molar-refractivity contribution in [3.63, 3.8) is 0 Å². The van der Waals surface area contributed by atoms with Crippen LogP contribution in [0.5, 0.6) is 0 Å². The molecule has 4 rings (SSSR count). The minimum absolute atomic E-state index is 0.0347. The maximum absolute atomic E-state index is 13.4. The van der Waals surface area contributed by atoms with Crippen molar-refractivity contribution in [1.82, 2.24) is 10.3 Å². The molecule has 0 bridgehead atoms. The first-order valence-corrected chi connectivity index (χ1v) is 11.2. The first kappa shape index (κ1) is 23.6. The summed E-state index contributed by atoms with van der Waals surface area (Å²) in [6.07, 6.45) is 0.408. The molecule has 0 unspecified atom stereocenters. The van der Waals surface area contributed by atoms with Crippen molar-refractivity contribution in [3.8, 4) is 22.5 Å². The molecule has 0 aliphatic rings. The topological polar surface area (TPSA) is 72.2 Å². The van der Waals surface area contributed by atoms with Crippen molar-refractivity contribution in [2.75, 3.05) is 7.05 Å². The number of rotatable bonds is 5. The maximum Gasteiger partial charge on any atom is 0.255 e. The number of Topliss-reactive ketones (excluding diaryl/α,β-unsaturated/α-hetero) is 1. The van der Waals surface area contributed by atoms with Crippen molar-refractivity contribution >= 4 is 34.4 Å². The summed E-state index contributed by atoms with van der Waals surface area (Å²) in [4.78, 5) is 30.0. The fourth-order valence-electron chi connectivity index (χ4n) is 3.80. The van der Waals surface area contributed by atoms with Crippen LogP contribution in [-0.2, 0) is 0 Å². The van der Waals surface area contributed by atoms with Crippen LogP contribution < -0.4 is 5.32 Å². The Morgan fingerprint density at radius 2 is 1.76 bits per heavy atom. The molecule has 0 saturated carbocycles. The summed E-state index contributed by atoms with van der Waals surface area (Å²) in [7, 11) is 1.52. The lowest BCUT2D eigenvalue weighted by Crippen LogP contribution is -2.18. The molecule has 1 amide bonds. The molecule has 34 heavy (non-hydrogen) atoms. The number of aromatic nitrogens is 1. The van der Waals surface area contributed by atoms with Gasteiger partial charge in [0.2, 0.25) is 5.71 Å². The summed E-state index contributed by atoms with van der Waals surface area (Å²) in [6.45, 7) is 6.05. The Labute approximate surface area is 202 Å². The number of hydrogen-bond donors (Lipinski definition) is 1. The number of halogens is 2. The summed E-state index contributed by atoms with van der Waals surface area (Å²) in [5, 5.41) is 3.26. The lowest BCUT2D eigenvalue weighted by molar-refractivity contribution is 0.0937. The molecule has 0 spiro atoms. The predicted molar refractivity (Wildman–Crippen MR) is 132 cm³/mol. The highest BCUT2D eigenvalue weighted by Crippen LogP contribution is 2.38. The third-order valence-electron chi connectivity index (χ3n) is 5.38. The van der Waals surface area contributed by atoms with Crippen molar-refractivity contribution < 1.29 is 18.4 Å². The van der Waals surface area contributed by atoms with Gasteiger partial charge in [0.25, 0.3) is 5.91 Å². The van der Waals surface area contributed by atoms with Crippen molar-refractivity contribution in [3.05, 3.63) is 76.7 Å². The number of pyridine rings is 1. The molecule has 0 aliphatic carbocycles. The van der Waals surface area contributed by atoms with Gasteiger partial charge in [0, 0.05) is 30.2 Å². The van der Waals surface area contributed by atoms with Gasteiger partial charge in [-0.15, -0.1) is 0 Å². The van der Waals surface area contributed by atoms with Gasteiger partial charge in [-0.25, -0.2) is 9.37 Å². The van der Waals surface area contributed by atoms with Crippen LogP contribution in [0.4, 0.5) is 4.39 Å². The number of carbonyl (C=O) groups is 2. The number of ketones is 1. The van der Waals surface area contributed by atoms with Crippen LogP contribution in [0.1, 0.15) is 47.9 Å². The van der Waals surface area contributed by atoms with Gasteiger partial charge in [-0.05, 0) is 47.4 Å². The number of furan rings is 1. The largest absolute Gasteiger partial charge is 0.437 e. The molecule has 7 heteroatoms. The maximum atomic E-state index is 13.4. The minimum atomic E-state index is -0.398. The number of hydrogen-bond acceptors (Lipinski definition) is 4. The van der Waals surface area contributed by atoms with Crippen LogP contribution in [0.25, 0.3) is 33.6 Å². The third kappa shape index (κ3) is 4.73. The smallest absolute Gasteiger partial charge is 0.255 e. The minimum Gasteiger partial charge on any atom is -0.437 e. The summed E-state index contributed by atoms with van der Waals surface area (Å²) >= 11 is 6.51. The second-order valence-electron chi connectivity index (χ2n) is 9.31. The lowest BCUT2D eigenvalue weighted by Gasteiger charge is -2.17. The monoisotopic (exact) mass is 478 g/mol. The average molecular weight is 479 g/mol. The fraction of sp³-hybridized carbons (Fsp3) is 0.222. The van der Waals surface area contributed by atoms with Crippen LogP contribution in [0.3, 0.4) is 0 Å². The molecule has 2 aromatic carbocycles. The SMILES string of the molecule is CNC(=O)c1c(-c2ccc(F)cc2)oc2nc(Cl)c(-c3cccc(C(=O)CC(C)(C)C)c3)cc12. The van der Waals surface area contributed by atoms with Gasteiger partial charge in [0.15, 0.2) is 5.78 Å². The quantitative estimate of drug-likeness (QED) is 0.249. The van der Waals surface area contributed by atoms with Gasteiger partial charge >= 0.3 is 0 Å². The Bertz CT molecular complexity index is 1400. The van der Waals surface area contributed by atoms with E-state index in [1.165, 1.54) is 31.3 Å². The van der Waals surface area contributed by atoms with E-state index in [-0.39, 0.29) is 39.3 Å². The molecule has 0 fully saturated rings. The number of fused-ring (bicyclic) bond motifs is 1. The number of nitrogens with one attached hydrogen (secondary N) is 1. The second-order valence-corrected chi connectivity index (χ2v) is 9.67. The number of benzene rings is 2. The van der Waals surface area contributed by atoms with Gasteiger partial charge in [-0.1, -0.05) is 50.6 Å². The van der Waals surface area contributed by atoms with E-state index < -0.39 is 5.82 Å². The highest BCUT2D eigenvalue weighted by atomic mass is 35.5. The second kappa shape index (κ2) is 9.03. The molecule has 0 saturated heterocycles. The van der Waals surface area contributed by atoms with Gasteiger partial charge < -0.3 is 9.73 Å². The number of carbonyl (C=O) groups excluding carboxylic acids is 2. The first-order chi connectivity index (χ1) is 16.1. The Hall–Kier alpha value is -3.51. The Balaban J connectivity index is 1.87. The van der Waals surface area contributed by atoms with Crippen LogP contribution >= 0.6 is 11.6 Å². The van der Waals surface area contributed by atoms with Gasteiger partial charge in [-0.2, -0.15) is 0 Å². The van der Waals surface area contributed by atoms with E-state index in [9.17, 15) is 14.0 Å². The van der Waals surface area contributed by atoms with Crippen LogP contribution in [0.15, 0.2) is 59.0 Å². The van der Waals surface area contributed by atoms with E-state index in [2.05, 4.69) is 10.3 Å². The summed E-state index contributed by atoms with van der Waals surface area (Å²) in [5.41, 5.74) is 2.70. The lowest BCUT2D eigenvalue weighted by atomic mass is 9.87. The standard InChI is InChI=1S/C27H24ClFN2O3/c1-27(2,3)14-21(32)17-7-5-6-16(12-17)19-13-20-22(25(33)30-4)23(34-26(20)31-24(19)28)15-8-10-18(29)11-9-15/h5-13H,14H2,1-4H3,(H,30,33). The molecule has 4 aromatic rings. The molecular formula is C27H24ClFN2O3. The van der Waals surface area contributed by atoms with E-state index in [1.54, 1.807) is 24.3 Å². The highest BCUT2D eigenvalue weighted by Gasteiger charge is 2.24. The molecule has 0 aliphatic heterocycles. The van der Waals surface area contributed by atoms with Crippen molar-refractivity contribution in [2.24, 2.45) is 5.41 Å². The molecule has 2 aromatic heterocycles. The summed E-state index contributed by atoms with van der Waals surface area (Å²) in [5.74, 6) is -0.468.